The number of benzene rings is 1. The molecule has 0 aliphatic heterocycles. The van der Waals surface area contributed by atoms with Gasteiger partial charge in [0.1, 0.15) is 5.69 Å². The first kappa shape index (κ1) is 11.3. The normalized spacial score (nSPS) is 10.8. The second kappa shape index (κ2) is 4.13. The highest BCUT2D eigenvalue weighted by Crippen LogP contribution is 2.30. The van der Waals surface area contributed by atoms with Crippen LogP contribution in [0.1, 0.15) is 0 Å². The van der Waals surface area contributed by atoms with E-state index in [1.165, 1.54) is 12.1 Å². The Labute approximate surface area is 107 Å². The van der Waals surface area contributed by atoms with Gasteiger partial charge in [-0.15, -0.1) is 0 Å². The van der Waals surface area contributed by atoms with Gasteiger partial charge in [0.15, 0.2) is 11.5 Å². The van der Waals surface area contributed by atoms with Crippen molar-refractivity contribution < 1.29 is 14.7 Å². The van der Waals surface area contributed by atoms with E-state index in [1.807, 2.05) is 0 Å². The summed E-state index contributed by atoms with van der Waals surface area (Å²) in [7, 11) is 1.79. The number of aromatic hydroxyl groups is 2. The SMILES string of the molecule is Cn1ccc(-c2noc(-c3ccc(O)c(O)c3)n2)n1. The molecule has 19 heavy (non-hydrogen) atoms. The van der Waals surface area contributed by atoms with Gasteiger partial charge in [0.2, 0.25) is 5.82 Å². The van der Waals surface area contributed by atoms with E-state index >= 15 is 0 Å². The molecule has 0 unspecified atom stereocenters. The van der Waals surface area contributed by atoms with Gasteiger partial charge in [-0.1, -0.05) is 5.16 Å². The van der Waals surface area contributed by atoms with Crippen LogP contribution in [-0.4, -0.2) is 30.1 Å². The van der Waals surface area contributed by atoms with E-state index in [-0.39, 0.29) is 17.4 Å². The zero-order valence-corrected chi connectivity index (χ0v) is 9.98. The average molecular weight is 258 g/mol. The fourth-order valence-corrected chi connectivity index (χ4v) is 1.64. The van der Waals surface area contributed by atoms with Gasteiger partial charge in [-0.05, 0) is 24.3 Å². The number of rotatable bonds is 2. The number of aryl methyl sites for hydroxylation is 1. The Balaban J connectivity index is 1.98. The number of phenols is 2. The second-order valence-corrected chi connectivity index (χ2v) is 4.00. The van der Waals surface area contributed by atoms with Gasteiger partial charge in [-0.2, -0.15) is 10.1 Å². The van der Waals surface area contributed by atoms with Crippen LogP contribution in [0.25, 0.3) is 23.0 Å². The van der Waals surface area contributed by atoms with Crippen molar-refractivity contribution in [1.82, 2.24) is 19.9 Å². The van der Waals surface area contributed by atoms with Gasteiger partial charge >= 0.3 is 0 Å². The third-order valence-corrected chi connectivity index (χ3v) is 2.59. The molecule has 2 N–H and O–H groups in total. The van der Waals surface area contributed by atoms with Gasteiger partial charge in [-0.25, -0.2) is 0 Å². The summed E-state index contributed by atoms with van der Waals surface area (Å²) in [5, 5.41) is 26.7. The Morgan fingerprint density at radius 1 is 1.16 bits per heavy atom. The summed E-state index contributed by atoms with van der Waals surface area (Å²) in [5.74, 6) is 0.169. The molecule has 0 saturated heterocycles. The summed E-state index contributed by atoms with van der Waals surface area (Å²) >= 11 is 0. The van der Waals surface area contributed by atoms with Gasteiger partial charge in [-0.3, -0.25) is 4.68 Å². The maximum Gasteiger partial charge on any atom is 0.258 e. The molecular weight excluding hydrogens is 248 g/mol. The first-order chi connectivity index (χ1) is 9.13. The quantitative estimate of drug-likeness (QED) is 0.677. The van der Waals surface area contributed by atoms with Crippen molar-refractivity contribution >= 4 is 0 Å². The third-order valence-electron chi connectivity index (χ3n) is 2.59. The standard InChI is InChI=1S/C12H10N4O3/c1-16-5-4-8(14-16)11-13-12(19-15-11)7-2-3-9(17)10(18)6-7/h2-6,17-18H,1H3. The average Bonchev–Trinajstić information content (AvgIpc) is 3.01. The van der Waals surface area contributed by atoms with E-state index in [2.05, 4.69) is 15.2 Å². The van der Waals surface area contributed by atoms with Crippen LogP contribution < -0.4 is 0 Å². The molecule has 0 aliphatic rings. The van der Waals surface area contributed by atoms with Crippen LogP contribution in [0.4, 0.5) is 0 Å². The second-order valence-electron chi connectivity index (χ2n) is 4.00. The lowest BCUT2D eigenvalue weighted by Gasteiger charge is -1.98. The highest BCUT2D eigenvalue weighted by molar-refractivity contribution is 5.61. The lowest BCUT2D eigenvalue weighted by molar-refractivity contribution is 0.402. The molecule has 0 atom stereocenters. The first-order valence-electron chi connectivity index (χ1n) is 5.49. The van der Waals surface area contributed by atoms with Crippen LogP contribution in [0.15, 0.2) is 35.0 Å². The fraction of sp³-hybridized carbons (Fsp3) is 0.0833. The Kier molecular flexibility index (Phi) is 2.45. The van der Waals surface area contributed by atoms with Crippen LogP contribution in [-0.2, 0) is 7.05 Å². The lowest BCUT2D eigenvalue weighted by atomic mass is 10.2. The fourth-order valence-electron chi connectivity index (χ4n) is 1.64. The maximum absolute atomic E-state index is 9.43. The molecule has 0 amide bonds. The number of phenolic OH excluding ortho intramolecular Hbond substituents is 2. The van der Waals surface area contributed by atoms with Crippen molar-refractivity contribution in [3.05, 3.63) is 30.5 Å². The van der Waals surface area contributed by atoms with E-state index in [0.29, 0.717) is 17.1 Å². The van der Waals surface area contributed by atoms with Gasteiger partial charge in [0.05, 0.1) is 0 Å². The summed E-state index contributed by atoms with van der Waals surface area (Å²) in [6.07, 6.45) is 1.78. The molecule has 2 aromatic heterocycles. The van der Waals surface area contributed by atoms with E-state index < -0.39 is 0 Å². The number of nitrogens with zero attached hydrogens (tertiary/aromatic N) is 4. The zero-order chi connectivity index (χ0) is 13.4. The summed E-state index contributed by atoms with van der Waals surface area (Å²) in [6, 6.07) is 6.05. The molecule has 0 bridgehead atoms. The van der Waals surface area contributed by atoms with Crippen molar-refractivity contribution in [2.45, 2.75) is 0 Å². The minimum atomic E-state index is -0.241. The minimum Gasteiger partial charge on any atom is -0.504 e. The summed E-state index contributed by atoms with van der Waals surface area (Å²) in [6.45, 7) is 0. The molecule has 96 valence electrons. The van der Waals surface area contributed by atoms with E-state index in [1.54, 1.807) is 30.1 Å². The molecule has 3 rings (SSSR count). The third kappa shape index (κ3) is 2.01. The topological polar surface area (TPSA) is 97.2 Å². The molecule has 7 heteroatoms. The predicted octanol–water partition coefficient (Wildman–Crippen LogP) is 1.55. The molecule has 0 saturated carbocycles. The van der Waals surface area contributed by atoms with Crippen molar-refractivity contribution in [2.24, 2.45) is 7.05 Å². The zero-order valence-electron chi connectivity index (χ0n) is 9.98. The summed E-state index contributed by atoms with van der Waals surface area (Å²) in [4.78, 5) is 4.19. The van der Waals surface area contributed by atoms with Crippen LogP contribution in [0.5, 0.6) is 11.5 Å². The minimum absolute atomic E-state index is 0.201. The Morgan fingerprint density at radius 2 is 2.00 bits per heavy atom. The lowest BCUT2D eigenvalue weighted by Crippen LogP contribution is -1.88. The van der Waals surface area contributed by atoms with Crippen molar-refractivity contribution in [2.75, 3.05) is 0 Å². The number of aromatic nitrogens is 4. The van der Waals surface area contributed by atoms with Crippen LogP contribution in [0, 0.1) is 0 Å². The Hall–Kier alpha value is -2.83. The maximum atomic E-state index is 9.43. The van der Waals surface area contributed by atoms with Gasteiger partial charge in [0, 0.05) is 18.8 Å². The molecule has 7 nitrogen and oxygen atoms in total. The van der Waals surface area contributed by atoms with E-state index in [9.17, 15) is 10.2 Å². The number of hydrogen-bond donors (Lipinski definition) is 2. The highest BCUT2D eigenvalue weighted by atomic mass is 16.5. The van der Waals surface area contributed by atoms with Crippen molar-refractivity contribution in [1.29, 1.82) is 0 Å². The van der Waals surface area contributed by atoms with Crippen molar-refractivity contribution in [3.8, 4) is 34.5 Å². The molecule has 0 aliphatic carbocycles. The van der Waals surface area contributed by atoms with Crippen LogP contribution in [0.3, 0.4) is 0 Å². The van der Waals surface area contributed by atoms with Crippen LogP contribution >= 0.6 is 0 Å². The summed E-state index contributed by atoms with van der Waals surface area (Å²) in [5.41, 5.74) is 1.12. The monoisotopic (exact) mass is 258 g/mol. The smallest absolute Gasteiger partial charge is 0.258 e. The van der Waals surface area contributed by atoms with Crippen molar-refractivity contribution in [3.63, 3.8) is 0 Å². The molecule has 3 aromatic rings. The molecule has 2 heterocycles. The highest BCUT2D eigenvalue weighted by Gasteiger charge is 2.13. The molecular formula is C12H10N4O3. The van der Waals surface area contributed by atoms with Gasteiger partial charge < -0.3 is 14.7 Å². The van der Waals surface area contributed by atoms with E-state index in [0.717, 1.165) is 0 Å². The molecule has 0 spiro atoms. The Bertz CT molecular complexity index is 732. The summed E-state index contributed by atoms with van der Waals surface area (Å²) < 4.78 is 6.74. The van der Waals surface area contributed by atoms with Crippen LogP contribution in [0.2, 0.25) is 0 Å². The molecule has 1 aromatic carbocycles. The van der Waals surface area contributed by atoms with Gasteiger partial charge in [0.25, 0.3) is 5.89 Å². The molecule has 0 fully saturated rings. The first-order valence-corrected chi connectivity index (χ1v) is 5.49. The number of hydrogen-bond acceptors (Lipinski definition) is 6. The molecule has 0 radical (unpaired) electrons. The predicted molar refractivity (Wildman–Crippen MR) is 65.3 cm³/mol. The van der Waals surface area contributed by atoms with E-state index in [4.69, 9.17) is 4.52 Å². The largest absolute Gasteiger partial charge is 0.504 e. The Morgan fingerprint density at radius 3 is 2.68 bits per heavy atom.